The second kappa shape index (κ2) is 8.44. The third-order valence-electron chi connectivity index (χ3n) is 5.25. The molecule has 0 aliphatic carbocycles. The molecule has 144 valence electrons. The van der Waals surface area contributed by atoms with Crippen LogP contribution < -0.4 is 10.1 Å². The summed E-state index contributed by atoms with van der Waals surface area (Å²) in [5.74, 6) is 1.93. The van der Waals surface area contributed by atoms with E-state index in [1.54, 1.807) is 7.11 Å². The van der Waals surface area contributed by atoms with E-state index in [1.165, 1.54) is 28.3 Å². The number of fused-ring (bicyclic) bond motifs is 2. The summed E-state index contributed by atoms with van der Waals surface area (Å²) >= 11 is 0. The van der Waals surface area contributed by atoms with Crippen LogP contribution in [0.25, 0.3) is 21.8 Å². The van der Waals surface area contributed by atoms with Crippen molar-refractivity contribution in [2.24, 2.45) is 0 Å². The Kier molecular flexibility index (Phi) is 5.58. The van der Waals surface area contributed by atoms with Gasteiger partial charge >= 0.3 is 0 Å². The largest absolute Gasteiger partial charge is 0.497 e. The van der Waals surface area contributed by atoms with Gasteiger partial charge in [0.2, 0.25) is 0 Å². The van der Waals surface area contributed by atoms with Crippen molar-refractivity contribution in [1.82, 2.24) is 14.9 Å². The highest BCUT2D eigenvalue weighted by atomic mass is 16.5. The smallest absolute Gasteiger partial charge is 0.123 e. The summed E-state index contributed by atoms with van der Waals surface area (Å²) in [5.41, 5.74) is 3.49. The molecule has 0 saturated heterocycles. The van der Waals surface area contributed by atoms with Crippen LogP contribution in [0.2, 0.25) is 0 Å². The molecule has 28 heavy (non-hydrogen) atoms. The van der Waals surface area contributed by atoms with Gasteiger partial charge in [-0.15, -0.1) is 0 Å². The molecule has 0 fully saturated rings. The number of nitrogens with zero attached hydrogens (tertiary/aromatic N) is 2. The van der Waals surface area contributed by atoms with Crippen LogP contribution in [0.4, 0.5) is 0 Å². The molecule has 1 N–H and O–H groups in total. The van der Waals surface area contributed by atoms with Crippen LogP contribution in [-0.4, -0.2) is 16.7 Å². The number of nitrogens with one attached hydrogen (secondary N) is 1. The predicted octanol–water partition coefficient (Wildman–Crippen LogP) is 5.29. The molecule has 4 aromatic rings. The molecule has 0 unspecified atom stereocenters. The van der Waals surface area contributed by atoms with Gasteiger partial charge in [-0.05, 0) is 34.9 Å². The number of hydrogen-bond acceptors (Lipinski definition) is 3. The molecule has 0 bridgehead atoms. The Morgan fingerprint density at radius 3 is 2.71 bits per heavy atom. The molecule has 4 nitrogen and oxygen atoms in total. The van der Waals surface area contributed by atoms with E-state index in [-0.39, 0.29) is 0 Å². The highest BCUT2D eigenvalue weighted by Gasteiger charge is 2.11. The lowest BCUT2D eigenvalue weighted by Gasteiger charge is -2.11. The molecule has 1 aromatic heterocycles. The number of benzene rings is 3. The van der Waals surface area contributed by atoms with Gasteiger partial charge < -0.3 is 14.6 Å². The molecule has 4 rings (SSSR count). The Bertz CT molecular complexity index is 1080. The van der Waals surface area contributed by atoms with Gasteiger partial charge in [0.05, 0.1) is 24.7 Å². The molecule has 0 saturated carbocycles. The Labute approximate surface area is 166 Å². The summed E-state index contributed by atoms with van der Waals surface area (Å²) in [5, 5.41) is 6.19. The fourth-order valence-corrected chi connectivity index (χ4v) is 3.74. The molecule has 0 aliphatic rings. The Balaban J connectivity index is 1.56. The third kappa shape index (κ3) is 3.73. The molecule has 0 radical (unpaired) electrons. The zero-order valence-corrected chi connectivity index (χ0v) is 16.6. The molecule has 3 aromatic carbocycles. The van der Waals surface area contributed by atoms with Gasteiger partial charge in [-0.2, -0.15) is 0 Å². The maximum Gasteiger partial charge on any atom is 0.123 e. The van der Waals surface area contributed by atoms with Gasteiger partial charge in [-0.25, -0.2) is 4.98 Å². The first-order valence-electron chi connectivity index (χ1n) is 10.0. The van der Waals surface area contributed by atoms with Crippen LogP contribution >= 0.6 is 0 Å². The predicted molar refractivity (Wildman–Crippen MR) is 116 cm³/mol. The lowest BCUT2D eigenvalue weighted by atomic mass is 10.0. The van der Waals surface area contributed by atoms with Crippen LogP contribution in [0, 0.1) is 0 Å². The number of rotatable bonds is 8. The molecule has 0 amide bonds. The highest BCUT2D eigenvalue weighted by Crippen LogP contribution is 2.23. The minimum atomic E-state index is 0.740. The van der Waals surface area contributed by atoms with E-state index in [1.807, 2.05) is 12.1 Å². The third-order valence-corrected chi connectivity index (χ3v) is 5.25. The van der Waals surface area contributed by atoms with Gasteiger partial charge in [-0.1, -0.05) is 55.8 Å². The quantitative estimate of drug-likeness (QED) is 0.456. The van der Waals surface area contributed by atoms with E-state index in [4.69, 9.17) is 9.72 Å². The first-order chi connectivity index (χ1) is 13.8. The Morgan fingerprint density at radius 1 is 1.00 bits per heavy atom. The number of aromatic nitrogens is 2. The highest BCUT2D eigenvalue weighted by molar-refractivity contribution is 5.85. The van der Waals surface area contributed by atoms with E-state index in [2.05, 4.69) is 65.3 Å². The minimum Gasteiger partial charge on any atom is -0.497 e. The van der Waals surface area contributed by atoms with Crippen LogP contribution in [0.3, 0.4) is 0 Å². The van der Waals surface area contributed by atoms with Crippen LogP contribution in [0.1, 0.15) is 31.2 Å². The fourth-order valence-electron chi connectivity index (χ4n) is 3.74. The lowest BCUT2D eigenvalue weighted by Crippen LogP contribution is -2.17. The van der Waals surface area contributed by atoms with Gasteiger partial charge in [0.1, 0.15) is 11.6 Å². The van der Waals surface area contributed by atoms with Crippen molar-refractivity contribution in [2.45, 2.75) is 39.4 Å². The van der Waals surface area contributed by atoms with E-state index in [0.29, 0.717) is 0 Å². The topological polar surface area (TPSA) is 39.1 Å². The minimum absolute atomic E-state index is 0.740. The zero-order valence-electron chi connectivity index (χ0n) is 16.6. The summed E-state index contributed by atoms with van der Waals surface area (Å²) in [7, 11) is 1.70. The van der Waals surface area contributed by atoms with Crippen LogP contribution in [-0.2, 0) is 19.6 Å². The van der Waals surface area contributed by atoms with Crippen molar-refractivity contribution in [1.29, 1.82) is 0 Å². The van der Waals surface area contributed by atoms with E-state index >= 15 is 0 Å². The van der Waals surface area contributed by atoms with Gasteiger partial charge in [-0.3, -0.25) is 0 Å². The maximum absolute atomic E-state index is 5.37. The number of methoxy groups -OCH3 is 1. The number of unbranched alkanes of at least 4 members (excludes halogenated alkanes) is 1. The average molecular weight is 374 g/mol. The zero-order chi connectivity index (χ0) is 19.3. The van der Waals surface area contributed by atoms with Gasteiger partial charge in [0.25, 0.3) is 0 Å². The molecular weight excluding hydrogens is 346 g/mol. The first kappa shape index (κ1) is 18.5. The van der Waals surface area contributed by atoms with Crippen LogP contribution in [0.15, 0.2) is 60.7 Å². The summed E-state index contributed by atoms with van der Waals surface area (Å²) in [6.45, 7) is 4.77. The normalized spacial score (nSPS) is 11.4. The van der Waals surface area contributed by atoms with Crippen molar-refractivity contribution < 1.29 is 4.74 Å². The fraction of sp³-hybridized carbons (Fsp3) is 0.292. The molecule has 1 heterocycles. The summed E-state index contributed by atoms with van der Waals surface area (Å²) < 4.78 is 7.71. The number of ether oxygens (including phenoxy) is 1. The van der Waals surface area contributed by atoms with E-state index < -0.39 is 0 Å². The average Bonchev–Trinajstić information content (AvgIpc) is 3.08. The standard InChI is InChI=1S/C24H27N3O/c1-3-4-14-27-23-13-12-20(28-2)15-22(23)26-24(27)17-25-16-19-10-7-9-18-8-5-6-11-21(18)19/h5-13,15,25H,3-4,14,16-17H2,1-2H3. The number of imidazole rings is 1. The second-order valence-electron chi connectivity index (χ2n) is 7.13. The van der Waals surface area contributed by atoms with Gasteiger partial charge in [0.15, 0.2) is 0 Å². The molecular formula is C24H27N3O. The summed E-state index contributed by atoms with van der Waals surface area (Å²) in [6, 6.07) is 21.2. The van der Waals surface area contributed by atoms with Crippen molar-refractivity contribution in [3.8, 4) is 5.75 Å². The first-order valence-corrected chi connectivity index (χ1v) is 10.0. The van der Waals surface area contributed by atoms with Crippen molar-refractivity contribution >= 4 is 21.8 Å². The Hall–Kier alpha value is -2.85. The van der Waals surface area contributed by atoms with Crippen molar-refractivity contribution in [3.05, 3.63) is 72.1 Å². The van der Waals surface area contributed by atoms with E-state index in [9.17, 15) is 0 Å². The van der Waals surface area contributed by atoms with Gasteiger partial charge in [0, 0.05) is 19.2 Å². The molecule has 0 atom stereocenters. The molecule has 4 heteroatoms. The molecule has 0 spiro atoms. The molecule has 0 aliphatic heterocycles. The number of hydrogen-bond donors (Lipinski definition) is 1. The van der Waals surface area contributed by atoms with Crippen LogP contribution in [0.5, 0.6) is 5.75 Å². The number of aryl methyl sites for hydroxylation is 1. The maximum atomic E-state index is 5.37. The summed E-state index contributed by atoms with van der Waals surface area (Å²) in [4.78, 5) is 4.89. The van der Waals surface area contributed by atoms with Crippen molar-refractivity contribution in [3.63, 3.8) is 0 Å². The monoisotopic (exact) mass is 373 g/mol. The lowest BCUT2D eigenvalue weighted by molar-refractivity contribution is 0.415. The SMILES string of the molecule is CCCCn1c(CNCc2cccc3ccccc23)nc2cc(OC)ccc21. The summed E-state index contributed by atoms with van der Waals surface area (Å²) in [6.07, 6.45) is 2.31. The second-order valence-corrected chi connectivity index (χ2v) is 7.13. The van der Waals surface area contributed by atoms with E-state index in [0.717, 1.165) is 43.1 Å². The Morgan fingerprint density at radius 2 is 1.86 bits per heavy atom. The van der Waals surface area contributed by atoms with Crippen molar-refractivity contribution in [2.75, 3.05) is 7.11 Å².